The molecule has 0 saturated carbocycles. The van der Waals surface area contributed by atoms with Gasteiger partial charge in [-0.25, -0.2) is 4.98 Å². The van der Waals surface area contributed by atoms with Crippen LogP contribution < -0.4 is 22.1 Å². The average molecular weight is 322 g/mol. The fourth-order valence-electron chi connectivity index (χ4n) is 3.44. The maximum Gasteiger partial charge on any atom is 0.263 e. The third kappa shape index (κ3) is 2.17. The molecule has 1 fully saturated rings. The third-order valence-corrected chi connectivity index (χ3v) is 4.84. The van der Waals surface area contributed by atoms with Crippen molar-refractivity contribution in [2.75, 3.05) is 5.73 Å². The zero-order valence-electron chi connectivity index (χ0n) is 14.1. The summed E-state index contributed by atoms with van der Waals surface area (Å²) in [6, 6.07) is 3.55. The number of nitrogens with zero attached hydrogens (tertiary/aromatic N) is 2. The van der Waals surface area contributed by atoms with Crippen LogP contribution in [0.15, 0.2) is 16.9 Å². The largest absolute Gasteiger partial charge is 0.398 e. The lowest BCUT2D eigenvalue weighted by molar-refractivity contribution is -0.137. The molecular weight excluding hydrogens is 305 g/mol. The van der Waals surface area contributed by atoms with E-state index in [1.165, 1.54) is 4.57 Å². The summed E-state index contributed by atoms with van der Waals surface area (Å²) in [5.74, 6) is -0.796. The number of rotatable bonds is 1. The van der Waals surface area contributed by atoms with E-state index in [0.29, 0.717) is 22.4 Å². The molecule has 2 unspecified atom stereocenters. The van der Waals surface area contributed by atoms with E-state index in [0.717, 1.165) is 5.46 Å². The summed E-state index contributed by atoms with van der Waals surface area (Å²) in [6.07, 6.45) is 0.233. The molecule has 1 aromatic carbocycles. The van der Waals surface area contributed by atoms with Crippen LogP contribution in [-0.4, -0.2) is 44.9 Å². The summed E-state index contributed by atoms with van der Waals surface area (Å²) in [7, 11) is 5.20. The molecule has 3 rings (SSSR count). The molecule has 2 atom stereocenters. The van der Waals surface area contributed by atoms with Crippen LogP contribution in [0.5, 0.6) is 0 Å². The highest BCUT2D eigenvalue weighted by atomic mass is 16.2. The van der Waals surface area contributed by atoms with E-state index < -0.39 is 11.3 Å². The lowest BCUT2D eigenvalue weighted by atomic mass is 9.63. The zero-order chi connectivity index (χ0) is 17.8. The molecular formula is C14H17B3N4O3. The van der Waals surface area contributed by atoms with Gasteiger partial charge in [-0.1, -0.05) is 11.5 Å². The van der Waals surface area contributed by atoms with Crippen molar-refractivity contribution in [2.45, 2.75) is 24.6 Å². The number of fused-ring (bicyclic) bond motifs is 1. The first-order valence-corrected chi connectivity index (χ1v) is 7.81. The Hall–Kier alpha value is -2.51. The van der Waals surface area contributed by atoms with Crippen molar-refractivity contribution in [1.82, 2.24) is 14.9 Å². The molecule has 24 heavy (non-hydrogen) atoms. The molecule has 120 valence electrons. The Morgan fingerprint density at radius 3 is 2.71 bits per heavy atom. The number of hydrogen-bond acceptors (Lipinski definition) is 5. The normalized spacial score (nSPS) is 24.1. The van der Waals surface area contributed by atoms with Gasteiger partial charge >= 0.3 is 0 Å². The second-order valence-corrected chi connectivity index (χ2v) is 6.69. The molecule has 0 bridgehead atoms. The van der Waals surface area contributed by atoms with Gasteiger partial charge in [-0.15, -0.1) is 0 Å². The average Bonchev–Trinajstić information content (AvgIpc) is 2.49. The number of carbonyl (C=O) groups is 2. The molecule has 7 nitrogen and oxygen atoms in total. The van der Waals surface area contributed by atoms with E-state index in [1.54, 1.807) is 28.7 Å². The smallest absolute Gasteiger partial charge is 0.263 e. The second kappa shape index (κ2) is 5.26. The van der Waals surface area contributed by atoms with Crippen LogP contribution in [0.4, 0.5) is 5.69 Å². The first kappa shape index (κ1) is 16.4. The number of carbonyl (C=O) groups excluding carboxylic acids is 2. The molecule has 2 amide bonds. The van der Waals surface area contributed by atoms with Crippen LogP contribution in [0.25, 0.3) is 10.9 Å². The van der Waals surface area contributed by atoms with Crippen molar-refractivity contribution >= 4 is 57.4 Å². The number of nitrogen functional groups attached to an aromatic ring is 1. The van der Waals surface area contributed by atoms with Crippen molar-refractivity contribution in [2.24, 2.45) is 0 Å². The van der Waals surface area contributed by atoms with Gasteiger partial charge in [-0.2, -0.15) is 0 Å². The number of benzene rings is 1. The quantitative estimate of drug-likeness (QED) is 0.319. The highest BCUT2D eigenvalue weighted by molar-refractivity contribution is 6.37. The van der Waals surface area contributed by atoms with Crippen LogP contribution in [-0.2, 0) is 15.0 Å². The van der Waals surface area contributed by atoms with E-state index in [-0.39, 0.29) is 23.7 Å². The topological polar surface area (TPSA) is 107 Å². The predicted molar refractivity (Wildman–Crippen MR) is 99.9 cm³/mol. The van der Waals surface area contributed by atoms with Gasteiger partial charge in [-0.3, -0.25) is 24.3 Å². The Bertz CT molecular complexity index is 958. The van der Waals surface area contributed by atoms with Gasteiger partial charge in [0.2, 0.25) is 11.8 Å². The number of hydrogen-bond donors (Lipinski definition) is 2. The summed E-state index contributed by atoms with van der Waals surface area (Å²) in [6.45, 7) is 1.68. The molecule has 10 heteroatoms. The zero-order valence-corrected chi connectivity index (χ0v) is 14.1. The molecule has 0 spiro atoms. The van der Waals surface area contributed by atoms with E-state index in [1.807, 2.05) is 13.9 Å². The minimum absolute atomic E-state index is 0.233. The van der Waals surface area contributed by atoms with Crippen LogP contribution in [0.3, 0.4) is 0 Å². The van der Waals surface area contributed by atoms with Gasteiger partial charge in [0.15, 0.2) is 0 Å². The standard InChI is InChI=1S/C14H17B3N4O3/c1-5-19-8-3-2-6(15)10(18)9(8)12(23)21(5)14(17)4-7(16)11(22)20-13(14)24/h2-3,7H,4,15-18H2,1H3,(H,20,22,24). The summed E-state index contributed by atoms with van der Waals surface area (Å²) in [5, 5.41) is 2.65. The fraction of sp³-hybridized carbons (Fsp3) is 0.286. The Kier molecular flexibility index (Phi) is 3.58. The van der Waals surface area contributed by atoms with Gasteiger partial charge < -0.3 is 5.73 Å². The van der Waals surface area contributed by atoms with Gasteiger partial charge in [0, 0.05) is 11.5 Å². The Balaban J connectivity index is 2.34. The summed E-state index contributed by atoms with van der Waals surface area (Å²) < 4.78 is 1.36. The van der Waals surface area contributed by atoms with E-state index >= 15 is 0 Å². The summed E-state index contributed by atoms with van der Waals surface area (Å²) in [5.41, 5.74) is 6.18. The molecule has 1 saturated heterocycles. The van der Waals surface area contributed by atoms with E-state index in [2.05, 4.69) is 10.3 Å². The lowest BCUT2D eigenvalue weighted by Gasteiger charge is -2.37. The van der Waals surface area contributed by atoms with E-state index in [9.17, 15) is 14.4 Å². The highest BCUT2D eigenvalue weighted by Crippen LogP contribution is 2.29. The predicted octanol–water partition coefficient (Wildman–Crippen LogP) is -3.70. The SMILES string of the molecule is Bc1ccc2nc(C)n(C3(B)CC(B)C(=O)NC3=O)c(=O)c2c1N. The van der Waals surface area contributed by atoms with Crippen molar-refractivity contribution in [3.63, 3.8) is 0 Å². The number of nitrogens with one attached hydrogen (secondary N) is 1. The Labute approximate surface area is 141 Å². The molecule has 2 aromatic rings. The lowest BCUT2D eigenvalue weighted by Crippen LogP contribution is -2.60. The van der Waals surface area contributed by atoms with Gasteiger partial charge in [0.05, 0.1) is 16.3 Å². The third-order valence-electron chi connectivity index (χ3n) is 4.84. The number of nitrogens with two attached hydrogens (primary N) is 1. The number of piperidine rings is 1. The van der Waals surface area contributed by atoms with E-state index in [4.69, 9.17) is 5.73 Å². The van der Waals surface area contributed by atoms with Crippen LogP contribution in [0.2, 0.25) is 5.82 Å². The number of aromatic nitrogens is 2. The first-order chi connectivity index (χ1) is 11.2. The summed E-state index contributed by atoms with van der Waals surface area (Å²) >= 11 is 0. The van der Waals surface area contributed by atoms with Crippen molar-refractivity contribution in [1.29, 1.82) is 0 Å². The van der Waals surface area contributed by atoms with Crippen molar-refractivity contribution in [3.8, 4) is 0 Å². The van der Waals surface area contributed by atoms with Crippen molar-refractivity contribution in [3.05, 3.63) is 28.3 Å². The maximum atomic E-state index is 13.1. The highest BCUT2D eigenvalue weighted by Gasteiger charge is 2.44. The van der Waals surface area contributed by atoms with Crippen LogP contribution in [0, 0.1) is 6.92 Å². The Morgan fingerprint density at radius 2 is 2.04 bits per heavy atom. The number of aryl methyl sites for hydroxylation is 1. The minimum Gasteiger partial charge on any atom is -0.398 e. The minimum atomic E-state index is -1.19. The molecule has 1 aromatic heterocycles. The molecule has 3 N–H and O–H groups in total. The molecule has 0 aliphatic carbocycles. The molecule has 2 heterocycles. The van der Waals surface area contributed by atoms with Gasteiger partial charge in [0.1, 0.15) is 29.4 Å². The molecule has 0 radical (unpaired) electrons. The Morgan fingerprint density at radius 1 is 1.38 bits per heavy atom. The number of amides is 2. The molecule has 1 aliphatic rings. The summed E-state index contributed by atoms with van der Waals surface area (Å²) in [4.78, 5) is 41.9. The van der Waals surface area contributed by atoms with Gasteiger partial charge in [-0.05, 0) is 19.4 Å². The van der Waals surface area contributed by atoms with Crippen LogP contribution in [0.1, 0.15) is 12.2 Å². The maximum absolute atomic E-state index is 13.1. The fourth-order valence-corrected chi connectivity index (χ4v) is 3.44. The van der Waals surface area contributed by atoms with Gasteiger partial charge in [0.25, 0.3) is 5.56 Å². The molecule has 1 aliphatic heterocycles. The second-order valence-electron chi connectivity index (χ2n) is 6.69. The number of anilines is 1. The number of imide groups is 1. The monoisotopic (exact) mass is 322 g/mol. The first-order valence-electron chi connectivity index (χ1n) is 7.81. The van der Waals surface area contributed by atoms with Crippen molar-refractivity contribution < 1.29 is 9.59 Å². The van der Waals surface area contributed by atoms with Crippen LogP contribution >= 0.6 is 0 Å².